The Balaban J connectivity index is 1.88. The lowest BCUT2D eigenvalue weighted by atomic mass is 10.0. The number of nitro groups is 1. The summed E-state index contributed by atoms with van der Waals surface area (Å²) >= 11 is 0. The van der Waals surface area contributed by atoms with Crippen molar-refractivity contribution in [3.63, 3.8) is 0 Å². The maximum atomic E-state index is 13.4. The fourth-order valence-electron chi connectivity index (χ4n) is 3.94. The van der Waals surface area contributed by atoms with Crippen LogP contribution in [0.15, 0.2) is 42.5 Å². The highest BCUT2D eigenvalue weighted by atomic mass is 19.1. The van der Waals surface area contributed by atoms with Gasteiger partial charge >= 0.3 is 12.1 Å². The minimum atomic E-state index is -1.20. The number of amides is 2. The van der Waals surface area contributed by atoms with Crippen molar-refractivity contribution >= 4 is 34.7 Å². The Morgan fingerprint density at radius 3 is 2.35 bits per heavy atom. The van der Waals surface area contributed by atoms with Crippen LogP contribution >= 0.6 is 0 Å². The maximum Gasteiger partial charge on any atom is 0.408 e. The van der Waals surface area contributed by atoms with E-state index in [9.17, 15) is 28.9 Å². The van der Waals surface area contributed by atoms with Gasteiger partial charge in [-0.25, -0.2) is 19.0 Å². The number of esters is 1. The zero-order valence-electron chi connectivity index (χ0n) is 22.9. The van der Waals surface area contributed by atoms with Gasteiger partial charge in [0.1, 0.15) is 29.3 Å². The Hall–Kier alpha value is -4.55. The molecule has 2 amide bonds. The molecule has 0 aliphatic heterocycles. The summed E-state index contributed by atoms with van der Waals surface area (Å²) in [5, 5.41) is 16.3. The van der Waals surface area contributed by atoms with Gasteiger partial charge in [-0.15, -0.1) is 0 Å². The summed E-state index contributed by atoms with van der Waals surface area (Å²) in [5.41, 5.74) is 0.534. The van der Waals surface area contributed by atoms with Crippen LogP contribution in [0.5, 0.6) is 0 Å². The number of imidazole rings is 1. The van der Waals surface area contributed by atoms with Gasteiger partial charge in [-0.1, -0.05) is 12.1 Å². The van der Waals surface area contributed by atoms with Crippen LogP contribution in [0.2, 0.25) is 0 Å². The lowest BCUT2D eigenvalue weighted by molar-refractivity contribution is -0.384. The lowest BCUT2D eigenvalue weighted by Gasteiger charge is -2.25. The molecule has 12 nitrogen and oxygen atoms in total. The van der Waals surface area contributed by atoms with Gasteiger partial charge in [-0.3, -0.25) is 14.9 Å². The number of benzene rings is 2. The molecule has 1 aromatic heterocycles. The number of hydrogen-bond acceptors (Lipinski definition) is 8. The molecule has 0 bridgehead atoms. The summed E-state index contributed by atoms with van der Waals surface area (Å²) in [7, 11) is 1.68. The molecule has 0 fully saturated rings. The third-order valence-corrected chi connectivity index (χ3v) is 5.80. The topological polar surface area (TPSA) is 155 Å². The second-order valence-electron chi connectivity index (χ2n) is 10.1. The van der Waals surface area contributed by atoms with E-state index in [4.69, 9.17) is 9.47 Å². The van der Waals surface area contributed by atoms with Crippen molar-refractivity contribution in [2.24, 2.45) is 7.05 Å². The largest absolute Gasteiger partial charge is 0.464 e. The average molecular weight is 558 g/mol. The van der Waals surface area contributed by atoms with E-state index in [0.29, 0.717) is 22.4 Å². The van der Waals surface area contributed by atoms with E-state index in [0.717, 1.165) is 0 Å². The molecular weight excluding hydrogens is 525 g/mol. The Bertz CT molecular complexity index is 1400. The van der Waals surface area contributed by atoms with Gasteiger partial charge in [0.2, 0.25) is 5.91 Å². The van der Waals surface area contributed by atoms with Crippen LogP contribution < -0.4 is 10.6 Å². The van der Waals surface area contributed by atoms with Crippen molar-refractivity contribution in [2.45, 2.75) is 58.2 Å². The molecule has 2 atom stereocenters. The quantitative estimate of drug-likeness (QED) is 0.219. The molecule has 0 radical (unpaired) electrons. The number of ether oxygens (including phenoxy) is 2. The van der Waals surface area contributed by atoms with E-state index in [-0.39, 0.29) is 25.1 Å². The number of carbonyl (C=O) groups is 3. The Labute approximate surface area is 230 Å². The van der Waals surface area contributed by atoms with E-state index in [2.05, 4.69) is 15.6 Å². The molecule has 1 heterocycles. The Kier molecular flexibility index (Phi) is 9.40. The van der Waals surface area contributed by atoms with E-state index in [1.54, 1.807) is 45.4 Å². The number of carbonyl (C=O) groups excluding carboxylic acids is 3. The van der Waals surface area contributed by atoms with Crippen LogP contribution in [0, 0.1) is 15.9 Å². The second kappa shape index (κ2) is 12.5. The Morgan fingerprint density at radius 2 is 1.75 bits per heavy atom. The zero-order valence-corrected chi connectivity index (χ0v) is 22.9. The van der Waals surface area contributed by atoms with Gasteiger partial charge < -0.3 is 24.7 Å². The fourth-order valence-corrected chi connectivity index (χ4v) is 3.94. The molecule has 0 unspecified atom stereocenters. The highest BCUT2D eigenvalue weighted by molar-refractivity contribution is 5.90. The first kappa shape index (κ1) is 30.0. The normalized spacial score (nSPS) is 12.8. The number of alkyl carbamates (subject to hydrolysis) is 1. The highest BCUT2D eigenvalue weighted by Gasteiger charge is 2.30. The molecular formula is C27H32FN5O7. The van der Waals surface area contributed by atoms with E-state index < -0.39 is 46.4 Å². The first-order valence-corrected chi connectivity index (χ1v) is 12.6. The van der Waals surface area contributed by atoms with Crippen LogP contribution in [0.4, 0.5) is 14.9 Å². The predicted octanol–water partition coefficient (Wildman–Crippen LogP) is 3.35. The van der Waals surface area contributed by atoms with Crippen molar-refractivity contribution < 1.29 is 33.2 Å². The molecule has 2 aromatic carbocycles. The molecule has 2 N–H and O–H groups in total. The number of halogens is 1. The number of hydrogen-bond donors (Lipinski definition) is 2. The first-order valence-electron chi connectivity index (χ1n) is 12.6. The number of nitro benzene ring substituents is 1. The Morgan fingerprint density at radius 1 is 1.07 bits per heavy atom. The summed E-state index contributed by atoms with van der Waals surface area (Å²) in [4.78, 5) is 53.9. The first-order chi connectivity index (χ1) is 18.8. The molecule has 0 aliphatic rings. The molecule has 3 rings (SSSR count). The second-order valence-corrected chi connectivity index (χ2v) is 10.1. The van der Waals surface area contributed by atoms with Crippen LogP contribution in [0.1, 0.15) is 39.1 Å². The highest BCUT2D eigenvalue weighted by Crippen LogP contribution is 2.22. The number of nitrogens with one attached hydrogen (secondary N) is 2. The van der Waals surface area contributed by atoms with Gasteiger partial charge in [0.05, 0.1) is 22.6 Å². The third-order valence-electron chi connectivity index (χ3n) is 5.80. The van der Waals surface area contributed by atoms with Gasteiger partial charge in [0.15, 0.2) is 0 Å². The summed E-state index contributed by atoms with van der Waals surface area (Å²) < 4.78 is 25.5. The van der Waals surface area contributed by atoms with E-state index in [1.165, 1.54) is 36.4 Å². The number of fused-ring (bicyclic) bond motifs is 1. The molecule has 214 valence electrons. The smallest absolute Gasteiger partial charge is 0.408 e. The van der Waals surface area contributed by atoms with Crippen molar-refractivity contribution in [2.75, 3.05) is 6.61 Å². The van der Waals surface area contributed by atoms with Crippen molar-refractivity contribution in [1.29, 1.82) is 0 Å². The van der Waals surface area contributed by atoms with Crippen LogP contribution in [-0.2, 0) is 39.0 Å². The van der Waals surface area contributed by atoms with E-state index >= 15 is 0 Å². The number of nitrogens with zero attached hydrogens (tertiary/aromatic N) is 3. The SMILES string of the molecule is CCOC(=O)[C@H](Cc1nc2cc([N+](=O)[O-])ccc2n1C)NC(=O)[C@H](Cc1ccc(F)cc1)NC(=O)OC(C)(C)C. The summed E-state index contributed by atoms with van der Waals surface area (Å²) in [6, 6.07) is 7.26. The summed E-state index contributed by atoms with van der Waals surface area (Å²) in [5.74, 6) is -1.53. The van der Waals surface area contributed by atoms with Crippen molar-refractivity contribution in [1.82, 2.24) is 20.2 Å². The summed E-state index contributed by atoms with van der Waals surface area (Å²) in [6.45, 7) is 6.68. The monoisotopic (exact) mass is 557 g/mol. The van der Waals surface area contributed by atoms with Gasteiger partial charge in [0.25, 0.3) is 5.69 Å². The van der Waals surface area contributed by atoms with Crippen LogP contribution in [-0.4, -0.2) is 56.7 Å². The fraction of sp³-hybridized carbons (Fsp3) is 0.407. The molecule has 0 spiro atoms. The summed E-state index contributed by atoms with van der Waals surface area (Å²) in [6.07, 6.45) is -0.963. The van der Waals surface area contributed by atoms with Crippen LogP contribution in [0.25, 0.3) is 11.0 Å². The standard InChI is InChI=1S/C27H32FN5O7/c1-6-39-25(35)21(15-23-29-19-14-18(33(37)38)11-12-22(19)32(23)5)30-24(34)20(31-26(36)40-27(2,3)4)13-16-7-9-17(28)10-8-16/h7-12,14,20-21H,6,13,15H2,1-5H3,(H,30,34)(H,31,36)/t20-,21-/m0/s1. The van der Waals surface area contributed by atoms with Gasteiger partial charge in [-0.2, -0.15) is 0 Å². The maximum absolute atomic E-state index is 13.4. The molecule has 0 aliphatic carbocycles. The minimum absolute atomic E-state index is 0.0170. The predicted molar refractivity (Wildman–Crippen MR) is 143 cm³/mol. The van der Waals surface area contributed by atoms with Crippen molar-refractivity contribution in [3.05, 3.63) is 69.8 Å². The van der Waals surface area contributed by atoms with Crippen molar-refractivity contribution in [3.8, 4) is 0 Å². The number of aromatic nitrogens is 2. The lowest BCUT2D eigenvalue weighted by Crippen LogP contribution is -2.54. The molecule has 0 saturated carbocycles. The molecule has 40 heavy (non-hydrogen) atoms. The zero-order chi connectivity index (χ0) is 29.6. The average Bonchev–Trinajstić information content (AvgIpc) is 3.17. The van der Waals surface area contributed by atoms with Gasteiger partial charge in [0, 0.05) is 32.0 Å². The number of rotatable bonds is 10. The van der Waals surface area contributed by atoms with E-state index in [1.807, 2.05) is 0 Å². The molecule has 13 heteroatoms. The molecule has 0 saturated heterocycles. The number of non-ortho nitro benzene ring substituents is 1. The third kappa shape index (κ3) is 7.98. The molecule has 3 aromatic rings. The minimum Gasteiger partial charge on any atom is -0.464 e. The number of aryl methyl sites for hydroxylation is 1. The van der Waals surface area contributed by atoms with Crippen LogP contribution in [0.3, 0.4) is 0 Å². The van der Waals surface area contributed by atoms with Gasteiger partial charge in [-0.05, 0) is 51.5 Å².